The van der Waals surface area contributed by atoms with Crippen LogP contribution in [0.5, 0.6) is 0 Å². The van der Waals surface area contributed by atoms with Gasteiger partial charge in [0.2, 0.25) is 5.91 Å². The summed E-state index contributed by atoms with van der Waals surface area (Å²) in [5.74, 6) is -0.263. The average Bonchev–Trinajstić information content (AvgIpc) is 3.41. The molecule has 7 N–H and O–H groups in total. The average molecular weight is 463 g/mol. The number of nitrogen functional groups attached to an aromatic ring is 1. The number of anilines is 1. The summed E-state index contributed by atoms with van der Waals surface area (Å²) in [4.78, 5) is 25.1. The minimum atomic E-state index is -1.19. The van der Waals surface area contributed by atoms with Crippen LogP contribution in [0.2, 0.25) is 0 Å². The third kappa shape index (κ3) is 3.94. The Morgan fingerprint density at radius 1 is 1.18 bits per heavy atom. The lowest BCUT2D eigenvalue weighted by molar-refractivity contribution is -0.124. The van der Waals surface area contributed by atoms with Crippen molar-refractivity contribution in [1.29, 1.82) is 0 Å². The van der Waals surface area contributed by atoms with E-state index in [0.29, 0.717) is 17.6 Å². The Hall–Kier alpha value is -3.64. The van der Waals surface area contributed by atoms with E-state index in [9.17, 15) is 15.0 Å². The highest BCUT2D eigenvalue weighted by atomic mass is 16.5. The first-order valence-corrected chi connectivity index (χ1v) is 10.9. The maximum Gasteiger partial charge on any atom is 0.237 e. The van der Waals surface area contributed by atoms with Crippen molar-refractivity contribution in [3.63, 3.8) is 0 Å². The van der Waals surface area contributed by atoms with Gasteiger partial charge in [0.15, 0.2) is 17.7 Å². The Morgan fingerprint density at radius 3 is 2.76 bits per heavy atom. The van der Waals surface area contributed by atoms with E-state index in [-0.39, 0.29) is 5.82 Å². The second kappa shape index (κ2) is 8.95. The fraction of sp³-hybridized carbons (Fsp3) is 0.304. The van der Waals surface area contributed by atoms with Gasteiger partial charge in [-0.2, -0.15) is 0 Å². The van der Waals surface area contributed by atoms with E-state index in [1.807, 2.05) is 42.5 Å². The van der Waals surface area contributed by atoms with Gasteiger partial charge in [0.1, 0.15) is 24.1 Å². The fourth-order valence-electron chi connectivity index (χ4n) is 4.35. The number of hydrogen-bond donors (Lipinski definition) is 5. The molecule has 2 aromatic heterocycles. The lowest BCUT2D eigenvalue weighted by Gasteiger charge is -2.23. The summed E-state index contributed by atoms with van der Waals surface area (Å²) in [5, 5.41) is 25.7. The molecule has 5 rings (SSSR count). The number of ether oxygens (including phenoxy) is 1. The number of benzene rings is 2. The highest BCUT2D eigenvalue weighted by Gasteiger charge is 2.46. The van der Waals surface area contributed by atoms with Crippen LogP contribution in [0.15, 0.2) is 55.1 Å². The number of aliphatic hydroxyl groups excluding tert-OH is 2. The van der Waals surface area contributed by atoms with Crippen LogP contribution in [0.3, 0.4) is 0 Å². The number of carbonyl (C=O) groups excluding carboxylic acids is 1. The first-order chi connectivity index (χ1) is 16.5. The molecule has 34 heavy (non-hydrogen) atoms. The second-order valence-electron chi connectivity index (χ2n) is 8.35. The fourth-order valence-corrected chi connectivity index (χ4v) is 4.35. The third-order valence-corrected chi connectivity index (χ3v) is 6.13. The van der Waals surface area contributed by atoms with Crippen LogP contribution in [0.4, 0.5) is 5.82 Å². The van der Waals surface area contributed by atoms with Gasteiger partial charge in [-0.3, -0.25) is 9.36 Å². The van der Waals surface area contributed by atoms with E-state index in [2.05, 4.69) is 20.3 Å². The van der Waals surface area contributed by atoms with Gasteiger partial charge in [0, 0.05) is 0 Å². The molecule has 1 aliphatic rings. The molecule has 1 fully saturated rings. The van der Waals surface area contributed by atoms with Crippen molar-refractivity contribution in [1.82, 2.24) is 24.8 Å². The number of aliphatic hydroxyl groups is 2. The van der Waals surface area contributed by atoms with E-state index in [1.54, 1.807) is 0 Å². The maximum absolute atomic E-state index is 12.9. The minimum absolute atomic E-state index is 0.194. The van der Waals surface area contributed by atoms with Crippen molar-refractivity contribution in [2.24, 2.45) is 5.73 Å². The van der Waals surface area contributed by atoms with Crippen LogP contribution in [0, 0.1) is 0 Å². The van der Waals surface area contributed by atoms with Crippen LogP contribution in [-0.4, -0.2) is 66.5 Å². The summed E-state index contributed by atoms with van der Waals surface area (Å²) in [6.45, 7) is -0.415. The molecule has 0 saturated carbocycles. The van der Waals surface area contributed by atoms with Gasteiger partial charge in [-0.15, -0.1) is 0 Å². The zero-order chi connectivity index (χ0) is 23.8. The zero-order valence-electron chi connectivity index (χ0n) is 18.2. The molecular formula is C23H25N7O4. The minimum Gasteiger partial charge on any atom is -0.394 e. The number of imidazole rings is 1. The van der Waals surface area contributed by atoms with Crippen molar-refractivity contribution < 1.29 is 19.7 Å². The van der Waals surface area contributed by atoms with E-state index in [4.69, 9.17) is 16.2 Å². The van der Waals surface area contributed by atoms with Crippen molar-refractivity contribution in [2.75, 3.05) is 12.3 Å². The second-order valence-corrected chi connectivity index (χ2v) is 8.35. The van der Waals surface area contributed by atoms with Crippen LogP contribution in [0.25, 0.3) is 21.9 Å². The number of nitrogens with two attached hydrogens (primary N) is 2. The lowest BCUT2D eigenvalue weighted by atomic mass is 10.0. The van der Waals surface area contributed by atoms with Crippen LogP contribution >= 0.6 is 0 Å². The molecule has 176 valence electrons. The van der Waals surface area contributed by atoms with Crippen LogP contribution in [0.1, 0.15) is 11.8 Å². The van der Waals surface area contributed by atoms with Crippen molar-refractivity contribution in [3.8, 4) is 0 Å². The van der Waals surface area contributed by atoms with E-state index >= 15 is 0 Å². The van der Waals surface area contributed by atoms with E-state index < -0.39 is 43.0 Å². The highest BCUT2D eigenvalue weighted by Crippen LogP contribution is 2.32. The Bertz CT molecular complexity index is 1340. The van der Waals surface area contributed by atoms with Gasteiger partial charge in [-0.05, 0) is 22.8 Å². The van der Waals surface area contributed by atoms with Gasteiger partial charge < -0.3 is 31.7 Å². The highest BCUT2D eigenvalue weighted by molar-refractivity contribution is 5.85. The number of carbonyl (C=O) groups is 1. The van der Waals surface area contributed by atoms with E-state index in [1.165, 1.54) is 17.2 Å². The van der Waals surface area contributed by atoms with Gasteiger partial charge in [-0.1, -0.05) is 42.5 Å². The molecule has 0 unspecified atom stereocenters. The Balaban J connectivity index is 1.31. The van der Waals surface area contributed by atoms with E-state index in [0.717, 1.165) is 16.3 Å². The Kier molecular flexibility index (Phi) is 5.84. The summed E-state index contributed by atoms with van der Waals surface area (Å²) < 4.78 is 7.34. The monoisotopic (exact) mass is 463 g/mol. The molecule has 0 radical (unpaired) electrons. The number of aromatic nitrogens is 4. The topological polar surface area (TPSA) is 174 Å². The van der Waals surface area contributed by atoms with Crippen molar-refractivity contribution >= 4 is 33.7 Å². The zero-order valence-corrected chi connectivity index (χ0v) is 18.2. The van der Waals surface area contributed by atoms with Gasteiger partial charge >= 0.3 is 0 Å². The molecule has 0 aliphatic carbocycles. The molecule has 1 aliphatic heterocycles. The molecule has 5 atom stereocenters. The largest absolute Gasteiger partial charge is 0.394 e. The van der Waals surface area contributed by atoms with Crippen LogP contribution < -0.4 is 16.8 Å². The van der Waals surface area contributed by atoms with Crippen LogP contribution in [-0.2, 0) is 16.0 Å². The maximum atomic E-state index is 12.9. The molecule has 11 heteroatoms. The summed E-state index contributed by atoms with van der Waals surface area (Å²) in [6, 6.07) is 12.1. The van der Waals surface area contributed by atoms with Crippen molar-refractivity contribution in [2.45, 2.75) is 36.9 Å². The predicted molar refractivity (Wildman–Crippen MR) is 124 cm³/mol. The normalized spacial score (nSPS) is 23.4. The Labute approximate surface area is 194 Å². The number of nitrogens with zero attached hydrogens (tertiary/aromatic N) is 4. The molecule has 4 aromatic rings. The summed E-state index contributed by atoms with van der Waals surface area (Å²) in [5.41, 5.74) is 13.7. The van der Waals surface area contributed by atoms with Gasteiger partial charge in [0.05, 0.1) is 25.0 Å². The number of hydrogen-bond acceptors (Lipinski definition) is 9. The summed E-state index contributed by atoms with van der Waals surface area (Å²) in [7, 11) is 0. The molecule has 2 aromatic carbocycles. The molecule has 3 heterocycles. The standard InChI is InChI=1S/C23H25N7O4/c24-15(8-12-5-6-13-3-1-2-4-14(13)7-12)22(33)29-17-16(9-31)34-23(19(17)32)30-11-28-18-20(25)26-10-27-21(18)30/h1-7,10-11,15-17,19,23,31-32H,8-9,24H2,(H,29,33)(H2,25,26,27)/t15-,16+,17+,19+,23+/m0/s1. The molecule has 0 spiro atoms. The molecule has 1 saturated heterocycles. The first-order valence-electron chi connectivity index (χ1n) is 10.9. The number of fused-ring (bicyclic) bond motifs is 2. The van der Waals surface area contributed by atoms with Crippen molar-refractivity contribution in [3.05, 3.63) is 60.7 Å². The lowest BCUT2D eigenvalue weighted by Crippen LogP contribution is -2.53. The molecule has 1 amide bonds. The number of rotatable bonds is 6. The third-order valence-electron chi connectivity index (χ3n) is 6.13. The number of nitrogens with one attached hydrogen (secondary N) is 1. The predicted octanol–water partition coefficient (Wildman–Crippen LogP) is -0.133. The van der Waals surface area contributed by atoms with Gasteiger partial charge in [-0.25, -0.2) is 15.0 Å². The quantitative estimate of drug-likeness (QED) is 0.261. The number of amides is 1. The summed E-state index contributed by atoms with van der Waals surface area (Å²) >= 11 is 0. The summed E-state index contributed by atoms with van der Waals surface area (Å²) in [6.07, 6.45) is 0.0320. The Morgan fingerprint density at radius 2 is 1.97 bits per heavy atom. The smallest absolute Gasteiger partial charge is 0.237 e. The SMILES string of the molecule is Nc1ncnc2c1ncn2[C@@H]1O[C@H](CO)[C@@H](NC(=O)[C@@H](N)Cc2ccc3ccccc3c2)[C@H]1O. The molecule has 11 nitrogen and oxygen atoms in total. The molecular weight excluding hydrogens is 438 g/mol. The van der Waals surface area contributed by atoms with Gasteiger partial charge in [0.25, 0.3) is 0 Å². The first kappa shape index (κ1) is 22.2. The molecule has 0 bridgehead atoms.